The largest absolute Gasteiger partial charge is 0.327 e. The Hall–Kier alpha value is -0.0400. The highest BCUT2D eigenvalue weighted by Crippen LogP contribution is 2.26. The molecular formula is C8H17N. The second kappa shape index (κ2) is 2.70. The zero-order valence-electron chi connectivity index (χ0n) is 6.43. The summed E-state index contributed by atoms with van der Waals surface area (Å²) in [5, 5.41) is 0. The van der Waals surface area contributed by atoms with E-state index in [0.29, 0.717) is 6.04 Å². The highest BCUT2D eigenvalue weighted by atomic mass is 14.7. The molecule has 1 unspecified atom stereocenters. The van der Waals surface area contributed by atoms with Crippen molar-refractivity contribution in [2.45, 2.75) is 39.2 Å². The first kappa shape index (κ1) is 7.07. The Morgan fingerprint density at radius 2 is 1.89 bits per heavy atom. The molecule has 54 valence electrons. The van der Waals surface area contributed by atoms with Crippen molar-refractivity contribution in [3.63, 3.8) is 0 Å². The van der Waals surface area contributed by atoms with Crippen molar-refractivity contribution in [1.29, 1.82) is 0 Å². The first-order chi connectivity index (χ1) is 4.20. The molecule has 0 saturated heterocycles. The molecule has 1 saturated carbocycles. The van der Waals surface area contributed by atoms with E-state index in [1.807, 2.05) is 0 Å². The maximum Gasteiger partial charge on any atom is 0.00670 e. The average Bonchev–Trinajstić information content (AvgIpc) is 1.80. The van der Waals surface area contributed by atoms with E-state index in [1.165, 1.54) is 19.3 Å². The van der Waals surface area contributed by atoms with Crippen LogP contribution in [0.1, 0.15) is 33.1 Å². The van der Waals surface area contributed by atoms with Crippen LogP contribution in [0.25, 0.3) is 0 Å². The van der Waals surface area contributed by atoms with Gasteiger partial charge in [0.2, 0.25) is 0 Å². The lowest BCUT2D eigenvalue weighted by Crippen LogP contribution is -2.34. The van der Waals surface area contributed by atoms with E-state index >= 15 is 0 Å². The van der Waals surface area contributed by atoms with Crippen LogP contribution in [0.3, 0.4) is 0 Å². The summed E-state index contributed by atoms with van der Waals surface area (Å²) >= 11 is 0. The minimum atomic E-state index is 0.480. The van der Waals surface area contributed by atoms with Gasteiger partial charge in [-0.1, -0.05) is 20.3 Å². The smallest absolute Gasteiger partial charge is 0.00670 e. The SMILES string of the molecule is C[C@@H]1CC[C@H](C)C(N)C1. The predicted molar refractivity (Wildman–Crippen MR) is 40.2 cm³/mol. The molecule has 0 heterocycles. The van der Waals surface area contributed by atoms with Gasteiger partial charge in [-0.05, 0) is 24.7 Å². The van der Waals surface area contributed by atoms with Crippen molar-refractivity contribution in [3.05, 3.63) is 0 Å². The minimum absolute atomic E-state index is 0.480. The van der Waals surface area contributed by atoms with E-state index in [-0.39, 0.29) is 0 Å². The lowest BCUT2D eigenvalue weighted by molar-refractivity contribution is 0.266. The van der Waals surface area contributed by atoms with Gasteiger partial charge in [-0.2, -0.15) is 0 Å². The highest BCUT2D eigenvalue weighted by molar-refractivity contribution is 4.77. The quantitative estimate of drug-likeness (QED) is 0.527. The highest BCUT2D eigenvalue weighted by Gasteiger charge is 2.21. The molecule has 0 bridgehead atoms. The van der Waals surface area contributed by atoms with E-state index in [2.05, 4.69) is 13.8 Å². The molecule has 1 heteroatoms. The molecule has 0 aliphatic heterocycles. The molecule has 0 aromatic heterocycles. The first-order valence-corrected chi connectivity index (χ1v) is 3.95. The molecule has 1 fully saturated rings. The second-order valence-corrected chi connectivity index (χ2v) is 3.56. The zero-order valence-corrected chi connectivity index (χ0v) is 6.43. The molecule has 1 aliphatic rings. The third-order valence-corrected chi connectivity index (χ3v) is 2.52. The maximum atomic E-state index is 5.87. The Bertz CT molecular complexity index is 90.6. The van der Waals surface area contributed by atoms with Gasteiger partial charge in [0, 0.05) is 6.04 Å². The molecule has 1 rings (SSSR count). The Kier molecular flexibility index (Phi) is 2.12. The van der Waals surface area contributed by atoms with Gasteiger partial charge >= 0.3 is 0 Å². The summed E-state index contributed by atoms with van der Waals surface area (Å²) in [6, 6.07) is 0.480. The van der Waals surface area contributed by atoms with E-state index in [9.17, 15) is 0 Å². The number of rotatable bonds is 0. The summed E-state index contributed by atoms with van der Waals surface area (Å²) in [4.78, 5) is 0. The van der Waals surface area contributed by atoms with Crippen LogP contribution in [0, 0.1) is 11.8 Å². The van der Waals surface area contributed by atoms with Gasteiger partial charge in [0.15, 0.2) is 0 Å². The molecule has 0 spiro atoms. The van der Waals surface area contributed by atoms with Gasteiger partial charge < -0.3 is 5.73 Å². The van der Waals surface area contributed by atoms with E-state index in [4.69, 9.17) is 5.73 Å². The Morgan fingerprint density at radius 1 is 1.22 bits per heavy atom. The zero-order chi connectivity index (χ0) is 6.85. The van der Waals surface area contributed by atoms with Gasteiger partial charge in [0.1, 0.15) is 0 Å². The Balaban J connectivity index is 2.35. The Morgan fingerprint density at radius 3 is 2.33 bits per heavy atom. The van der Waals surface area contributed by atoms with Crippen LogP contribution in [0.4, 0.5) is 0 Å². The normalized spacial score (nSPS) is 45.0. The molecule has 9 heavy (non-hydrogen) atoms. The topological polar surface area (TPSA) is 26.0 Å². The van der Waals surface area contributed by atoms with Gasteiger partial charge in [-0.25, -0.2) is 0 Å². The van der Waals surface area contributed by atoms with E-state index in [0.717, 1.165) is 11.8 Å². The molecule has 3 atom stereocenters. The maximum absolute atomic E-state index is 5.87. The number of hydrogen-bond acceptors (Lipinski definition) is 1. The predicted octanol–water partition coefficient (Wildman–Crippen LogP) is 1.77. The fourth-order valence-corrected chi connectivity index (χ4v) is 1.58. The van der Waals surface area contributed by atoms with Crippen molar-refractivity contribution >= 4 is 0 Å². The monoisotopic (exact) mass is 127 g/mol. The van der Waals surface area contributed by atoms with Crippen molar-refractivity contribution in [1.82, 2.24) is 0 Å². The van der Waals surface area contributed by atoms with Crippen LogP contribution in [0.15, 0.2) is 0 Å². The molecule has 0 aromatic rings. The molecule has 1 aliphatic carbocycles. The molecule has 0 radical (unpaired) electrons. The van der Waals surface area contributed by atoms with Crippen LogP contribution >= 0.6 is 0 Å². The van der Waals surface area contributed by atoms with Gasteiger partial charge in [-0.15, -0.1) is 0 Å². The fraction of sp³-hybridized carbons (Fsp3) is 1.00. The number of nitrogens with two attached hydrogens (primary N) is 1. The summed E-state index contributed by atoms with van der Waals surface area (Å²) in [5.74, 6) is 1.64. The third-order valence-electron chi connectivity index (χ3n) is 2.52. The summed E-state index contributed by atoms with van der Waals surface area (Å²) in [5.41, 5.74) is 5.87. The van der Waals surface area contributed by atoms with Crippen molar-refractivity contribution in [3.8, 4) is 0 Å². The van der Waals surface area contributed by atoms with Crippen molar-refractivity contribution < 1.29 is 0 Å². The van der Waals surface area contributed by atoms with Gasteiger partial charge in [0.25, 0.3) is 0 Å². The van der Waals surface area contributed by atoms with Crippen LogP contribution in [0.5, 0.6) is 0 Å². The molecule has 2 N–H and O–H groups in total. The van der Waals surface area contributed by atoms with Gasteiger partial charge in [0.05, 0.1) is 0 Å². The second-order valence-electron chi connectivity index (χ2n) is 3.56. The van der Waals surface area contributed by atoms with Gasteiger partial charge in [-0.3, -0.25) is 0 Å². The van der Waals surface area contributed by atoms with Crippen molar-refractivity contribution in [2.24, 2.45) is 17.6 Å². The molecule has 1 nitrogen and oxygen atoms in total. The molecule has 0 amide bonds. The first-order valence-electron chi connectivity index (χ1n) is 3.95. The Labute approximate surface area is 57.6 Å². The van der Waals surface area contributed by atoms with Crippen LogP contribution < -0.4 is 5.73 Å². The van der Waals surface area contributed by atoms with Crippen molar-refractivity contribution in [2.75, 3.05) is 0 Å². The summed E-state index contributed by atoms with van der Waals surface area (Å²) in [6.07, 6.45) is 3.96. The standard InChI is InChI=1S/C8H17N/c1-6-3-4-7(2)8(9)5-6/h6-8H,3-5,9H2,1-2H3/t6-,7+,8?/m1/s1. The average molecular weight is 127 g/mol. The van der Waals surface area contributed by atoms with Crippen LogP contribution in [0.2, 0.25) is 0 Å². The van der Waals surface area contributed by atoms with Crippen LogP contribution in [-0.2, 0) is 0 Å². The summed E-state index contributed by atoms with van der Waals surface area (Å²) in [7, 11) is 0. The van der Waals surface area contributed by atoms with E-state index < -0.39 is 0 Å². The number of hydrogen-bond donors (Lipinski definition) is 1. The van der Waals surface area contributed by atoms with E-state index in [1.54, 1.807) is 0 Å². The third kappa shape index (κ3) is 1.68. The fourth-order valence-electron chi connectivity index (χ4n) is 1.58. The summed E-state index contributed by atoms with van der Waals surface area (Å²) < 4.78 is 0. The summed E-state index contributed by atoms with van der Waals surface area (Å²) in [6.45, 7) is 4.56. The van der Waals surface area contributed by atoms with Crippen LogP contribution in [-0.4, -0.2) is 6.04 Å². The molecule has 0 aromatic carbocycles. The lowest BCUT2D eigenvalue weighted by Gasteiger charge is -2.29. The minimum Gasteiger partial charge on any atom is -0.327 e. The molecular weight excluding hydrogens is 110 g/mol. The lowest BCUT2D eigenvalue weighted by atomic mass is 9.81.